The van der Waals surface area contributed by atoms with Crippen LogP contribution in [0.15, 0.2) is 29.6 Å². The molecule has 6 nitrogen and oxygen atoms in total. The number of para-hydroxylation sites is 1. The van der Waals surface area contributed by atoms with Gasteiger partial charge in [-0.15, -0.1) is 11.3 Å². The molecule has 1 aromatic carbocycles. The predicted octanol–water partition coefficient (Wildman–Crippen LogP) is 2.74. The van der Waals surface area contributed by atoms with Crippen molar-refractivity contribution in [2.24, 2.45) is 0 Å². The summed E-state index contributed by atoms with van der Waals surface area (Å²) >= 11 is 1.42. The quantitative estimate of drug-likeness (QED) is 0.874. The number of nitrogens with zero attached hydrogens (tertiary/aromatic N) is 2. The van der Waals surface area contributed by atoms with E-state index >= 15 is 0 Å². The van der Waals surface area contributed by atoms with Gasteiger partial charge in [-0.2, -0.15) is 0 Å². The van der Waals surface area contributed by atoms with Crippen molar-refractivity contribution in [1.82, 2.24) is 9.88 Å². The topological polar surface area (TPSA) is 71.5 Å². The minimum Gasteiger partial charge on any atom is -0.483 e. The number of aromatic nitrogens is 1. The minimum absolute atomic E-state index is 0.111. The highest BCUT2D eigenvalue weighted by Gasteiger charge is 2.26. The lowest BCUT2D eigenvalue weighted by Crippen LogP contribution is -2.28. The summed E-state index contributed by atoms with van der Waals surface area (Å²) in [6, 6.07) is 6.86. The number of carbonyl (C=O) groups excluding carboxylic acids is 2. The van der Waals surface area contributed by atoms with Crippen LogP contribution in [-0.4, -0.2) is 42.4 Å². The highest BCUT2D eigenvalue weighted by atomic mass is 32.1. The lowest BCUT2D eigenvalue weighted by molar-refractivity contribution is -0.130. The second kappa shape index (κ2) is 7.00. The van der Waals surface area contributed by atoms with Gasteiger partial charge in [-0.1, -0.05) is 12.1 Å². The molecule has 1 fully saturated rings. The summed E-state index contributed by atoms with van der Waals surface area (Å²) in [6.07, 6.45) is 2.35. The smallest absolute Gasteiger partial charge is 0.261 e. The van der Waals surface area contributed by atoms with Crippen molar-refractivity contribution in [2.75, 3.05) is 26.0 Å². The molecule has 1 heterocycles. The van der Waals surface area contributed by atoms with E-state index in [4.69, 9.17) is 4.74 Å². The Bertz CT molecular complexity index is 753. The largest absolute Gasteiger partial charge is 0.483 e. The number of ether oxygens (including phenoxy) is 1. The highest BCUT2D eigenvalue weighted by molar-refractivity contribution is 7.14. The van der Waals surface area contributed by atoms with Crippen molar-refractivity contribution < 1.29 is 14.3 Å². The van der Waals surface area contributed by atoms with E-state index < -0.39 is 0 Å². The maximum absolute atomic E-state index is 12.5. The van der Waals surface area contributed by atoms with Crippen LogP contribution >= 0.6 is 11.3 Å². The van der Waals surface area contributed by atoms with Crippen molar-refractivity contribution in [3.05, 3.63) is 40.9 Å². The normalized spacial score (nSPS) is 13.4. The lowest BCUT2D eigenvalue weighted by Gasteiger charge is -2.13. The molecule has 0 saturated heterocycles. The third-order valence-electron chi connectivity index (χ3n) is 3.72. The van der Waals surface area contributed by atoms with Crippen LogP contribution in [0.2, 0.25) is 0 Å². The molecule has 7 heteroatoms. The van der Waals surface area contributed by atoms with E-state index in [9.17, 15) is 9.59 Å². The maximum Gasteiger partial charge on any atom is 0.261 e. The number of nitrogens with one attached hydrogen (secondary N) is 1. The molecule has 1 aliphatic rings. The van der Waals surface area contributed by atoms with E-state index in [1.54, 1.807) is 38.4 Å². The molecule has 1 aliphatic carbocycles. The summed E-state index contributed by atoms with van der Waals surface area (Å²) in [5, 5.41) is 5.38. The van der Waals surface area contributed by atoms with Crippen molar-refractivity contribution in [3.8, 4) is 5.75 Å². The van der Waals surface area contributed by atoms with Gasteiger partial charge in [0.05, 0.1) is 11.3 Å². The molecular formula is C17H19N3O3S. The molecule has 24 heavy (non-hydrogen) atoms. The first-order valence-corrected chi connectivity index (χ1v) is 8.61. The number of benzene rings is 1. The maximum atomic E-state index is 12.5. The van der Waals surface area contributed by atoms with Gasteiger partial charge in [0, 0.05) is 25.4 Å². The van der Waals surface area contributed by atoms with Gasteiger partial charge in [0.2, 0.25) is 0 Å². The van der Waals surface area contributed by atoms with E-state index in [-0.39, 0.29) is 18.4 Å². The lowest BCUT2D eigenvalue weighted by atomic mass is 10.2. The standard InChI is InChI=1S/C17H19N3O3S/c1-20(2)15(21)9-23-14-6-4-3-5-12(14)16(22)19-17-18-13(10-24-17)11-7-8-11/h3-6,10-11H,7-9H2,1-2H3,(H,18,19,22). The molecular weight excluding hydrogens is 326 g/mol. The van der Waals surface area contributed by atoms with Gasteiger partial charge in [0.25, 0.3) is 11.8 Å². The number of carbonyl (C=O) groups is 2. The molecule has 0 spiro atoms. The summed E-state index contributed by atoms with van der Waals surface area (Å²) in [5.74, 6) is 0.475. The van der Waals surface area contributed by atoms with Gasteiger partial charge in [0.1, 0.15) is 5.75 Å². The zero-order chi connectivity index (χ0) is 17.1. The number of likely N-dealkylation sites (N-methyl/N-ethyl adjacent to an activating group) is 1. The number of hydrogen-bond donors (Lipinski definition) is 1. The number of hydrogen-bond acceptors (Lipinski definition) is 5. The van der Waals surface area contributed by atoms with Gasteiger partial charge in [0.15, 0.2) is 11.7 Å². The van der Waals surface area contributed by atoms with Gasteiger partial charge in [-0.3, -0.25) is 14.9 Å². The summed E-state index contributed by atoms with van der Waals surface area (Å²) < 4.78 is 5.50. The van der Waals surface area contributed by atoms with E-state index in [0.29, 0.717) is 22.4 Å². The van der Waals surface area contributed by atoms with Crippen LogP contribution in [0.25, 0.3) is 0 Å². The molecule has 2 amide bonds. The average Bonchev–Trinajstić information content (AvgIpc) is 3.32. The third-order valence-corrected chi connectivity index (χ3v) is 4.50. The van der Waals surface area contributed by atoms with Crippen molar-refractivity contribution in [2.45, 2.75) is 18.8 Å². The van der Waals surface area contributed by atoms with Gasteiger partial charge < -0.3 is 9.64 Å². The zero-order valence-corrected chi connectivity index (χ0v) is 14.4. The monoisotopic (exact) mass is 345 g/mol. The molecule has 3 rings (SSSR count). The molecule has 0 bridgehead atoms. The Morgan fingerprint density at radius 1 is 1.33 bits per heavy atom. The highest BCUT2D eigenvalue weighted by Crippen LogP contribution is 2.40. The molecule has 2 aromatic rings. The molecule has 0 unspecified atom stereocenters. The molecule has 1 N–H and O–H groups in total. The Kier molecular flexibility index (Phi) is 4.80. The van der Waals surface area contributed by atoms with Crippen LogP contribution in [0.1, 0.15) is 34.8 Å². The summed E-state index contributed by atoms with van der Waals surface area (Å²) in [5.41, 5.74) is 1.43. The Morgan fingerprint density at radius 3 is 2.79 bits per heavy atom. The number of thiazole rings is 1. The van der Waals surface area contributed by atoms with E-state index in [0.717, 1.165) is 5.69 Å². The Balaban J connectivity index is 1.68. The van der Waals surface area contributed by atoms with Crippen LogP contribution in [0.5, 0.6) is 5.75 Å². The van der Waals surface area contributed by atoms with Gasteiger partial charge >= 0.3 is 0 Å². The molecule has 1 aromatic heterocycles. The Morgan fingerprint density at radius 2 is 2.08 bits per heavy atom. The molecule has 0 atom stereocenters. The number of anilines is 1. The van der Waals surface area contributed by atoms with Gasteiger partial charge in [-0.05, 0) is 25.0 Å². The number of rotatable bonds is 6. The first-order valence-electron chi connectivity index (χ1n) is 7.73. The molecule has 126 valence electrons. The Labute approximate surface area is 144 Å². The van der Waals surface area contributed by atoms with Crippen molar-refractivity contribution in [1.29, 1.82) is 0 Å². The van der Waals surface area contributed by atoms with E-state index in [1.165, 1.54) is 29.1 Å². The fraction of sp³-hybridized carbons (Fsp3) is 0.353. The van der Waals surface area contributed by atoms with Crippen LogP contribution < -0.4 is 10.1 Å². The second-order valence-electron chi connectivity index (χ2n) is 5.88. The van der Waals surface area contributed by atoms with E-state index in [1.807, 2.05) is 5.38 Å². The van der Waals surface area contributed by atoms with Gasteiger partial charge in [-0.25, -0.2) is 4.98 Å². The van der Waals surface area contributed by atoms with Crippen LogP contribution in [0.4, 0.5) is 5.13 Å². The van der Waals surface area contributed by atoms with Crippen LogP contribution in [-0.2, 0) is 4.79 Å². The van der Waals surface area contributed by atoms with Crippen molar-refractivity contribution >= 4 is 28.3 Å². The zero-order valence-electron chi connectivity index (χ0n) is 13.6. The fourth-order valence-electron chi connectivity index (χ4n) is 2.12. The minimum atomic E-state index is -0.292. The Hall–Kier alpha value is -2.41. The van der Waals surface area contributed by atoms with Crippen LogP contribution in [0.3, 0.4) is 0 Å². The average molecular weight is 345 g/mol. The summed E-state index contributed by atoms with van der Waals surface area (Å²) in [7, 11) is 3.31. The predicted molar refractivity (Wildman–Crippen MR) is 92.7 cm³/mol. The SMILES string of the molecule is CN(C)C(=O)COc1ccccc1C(=O)Nc1nc(C2CC2)cs1. The number of amides is 2. The van der Waals surface area contributed by atoms with Crippen molar-refractivity contribution in [3.63, 3.8) is 0 Å². The summed E-state index contributed by atoms with van der Waals surface area (Å²) in [4.78, 5) is 30.0. The van der Waals surface area contributed by atoms with E-state index in [2.05, 4.69) is 10.3 Å². The fourth-order valence-corrected chi connectivity index (χ4v) is 2.91. The molecule has 0 radical (unpaired) electrons. The third kappa shape index (κ3) is 3.91. The first-order chi connectivity index (χ1) is 11.5. The molecule has 1 saturated carbocycles. The molecule has 0 aliphatic heterocycles. The van der Waals surface area contributed by atoms with Crippen LogP contribution in [0, 0.1) is 0 Å². The second-order valence-corrected chi connectivity index (χ2v) is 6.74. The summed E-state index contributed by atoms with van der Waals surface area (Å²) in [6.45, 7) is -0.111. The first kappa shape index (κ1) is 16.4.